The highest BCUT2D eigenvalue weighted by Crippen LogP contribution is 2.39. The molecule has 1 amide bonds. The molecule has 0 spiro atoms. The van der Waals surface area contributed by atoms with E-state index in [0.29, 0.717) is 18.5 Å². The number of carbonyl (C=O) groups excluding carboxylic acids is 1. The zero-order chi connectivity index (χ0) is 14.0. The zero-order valence-corrected chi connectivity index (χ0v) is 15.1. The van der Waals surface area contributed by atoms with Crippen molar-refractivity contribution in [2.24, 2.45) is 11.1 Å². The average Bonchev–Trinajstić information content (AvgIpc) is 3.18. The minimum absolute atomic E-state index is 0. The van der Waals surface area contributed by atoms with Gasteiger partial charge < -0.3 is 10.6 Å². The average molecular weight is 352 g/mol. The second kappa shape index (κ2) is 8.72. The molecule has 3 rings (SSSR count). The molecule has 3 fully saturated rings. The number of nitrogens with two attached hydrogens (primary N) is 1. The van der Waals surface area contributed by atoms with E-state index in [1.807, 2.05) is 0 Å². The Morgan fingerprint density at radius 2 is 1.64 bits per heavy atom. The lowest BCUT2D eigenvalue weighted by molar-refractivity contribution is -0.143. The van der Waals surface area contributed by atoms with E-state index in [-0.39, 0.29) is 30.2 Å². The summed E-state index contributed by atoms with van der Waals surface area (Å²) in [6, 6.07) is 0.603. The van der Waals surface area contributed by atoms with Gasteiger partial charge in [0.05, 0.1) is 5.41 Å². The highest BCUT2D eigenvalue weighted by Gasteiger charge is 2.43. The van der Waals surface area contributed by atoms with Crippen LogP contribution in [0.4, 0.5) is 0 Å². The summed E-state index contributed by atoms with van der Waals surface area (Å²) >= 11 is 0. The number of hydrogen-bond donors (Lipinski definition) is 1. The molecule has 0 aromatic carbocycles. The summed E-state index contributed by atoms with van der Waals surface area (Å²) in [5.41, 5.74) is 5.76. The van der Waals surface area contributed by atoms with E-state index < -0.39 is 0 Å². The predicted molar refractivity (Wildman–Crippen MR) is 94.9 cm³/mol. The maximum Gasteiger partial charge on any atom is 0.230 e. The van der Waals surface area contributed by atoms with E-state index in [4.69, 9.17) is 5.73 Å². The molecule has 1 saturated carbocycles. The number of piperidine rings is 1. The Balaban J connectivity index is 0.00000121. The number of halogens is 2. The first-order valence-electron chi connectivity index (χ1n) is 8.49. The first-order valence-corrected chi connectivity index (χ1v) is 8.49. The van der Waals surface area contributed by atoms with E-state index in [0.717, 1.165) is 32.4 Å². The van der Waals surface area contributed by atoms with Gasteiger partial charge in [-0.05, 0) is 51.6 Å². The molecule has 2 saturated heterocycles. The summed E-state index contributed by atoms with van der Waals surface area (Å²) in [6.07, 6.45) is 9.44. The molecule has 1 atom stereocenters. The summed E-state index contributed by atoms with van der Waals surface area (Å²) in [5.74, 6) is 0.362. The summed E-state index contributed by atoms with van der Waals surface area (Å²) in [6.45, 7) is 4.89. The molecule has 2 aliphatic heterocycles. The number of rotatable bonds is 3. The molecule has 3 aliphatic rings. The molecule has 0 aromatic heterocycles. The summed E-state index contributed by atoms with van der Waals surface area (Å²) in [7, 11) is 0. The number of carbonyl (C=O) groups is 1. The molecule has 0 aromatic rings. The summed E-state index contributed by atoms with van der Waals surface area (Å²) < 4.78 is 0. The minimum atomic E-state index is -0.215. The monoisotopic (exact) mass is 351 g/mol. The van der Waals surface area contributed by atoms with Gasteiger partial charge >= 0.3 is 0 Å². The largest absolute Gasteiger partial charge is 0.341 e. The van der Waals surface area contributed by atoms with Gasteiger partial charge in [0, 0.05) is 25.7 Å². The number of likely N-dealkylation sites (tertiary alicyclic amines) is 2. The molecular formula is C16H31Cl2N3O. The van der Waals surface area contributed by atoms with Crippen molar-refractivity contribution in [3.05, 3.63) is 0 Å². The van der Waals surface area contributed by atoms with Crippen LogP contribution in [0.2, 0.25) is 0 Å². The van der Waals surface area contributed by atoms with Gasteiger partial charge in [-0.3, -0.25) is 9.69 Å². The van der Waals surface area contributed by atoms with Gasteiger partial charge in [-0.15, -0.1) is 24.8 Å². The lowest BCUT2D eigenvalue weighted by Gasteiger charge is -2.41. The first-order chi connectivity index (χ1) is 9.75. The van der Waals surface area contributed by atoms with Crippen molar-refractivity contribution >= 4 is 30.7 Å². The van der Waals surface area contributed by atoms with Crippen molar-refractivity contribution in [3.8, 4) is 0 Å². The third kappa shape index (κ3) is 3.89. The van der Waals surface area contributed by atoms with Gasteiger partial charge in [-0.2, -0.15) is 0 Å². The molecule has 1 unspecified atom stereocenters. The molecule has 6 heteroatoms. The van der Waals surface area contributed by atoms with Gasteiger partial charge in [0.1, 0.15) is 0 Å². The maximum atomic E-state index is 12.9. The molecule has 22 heavy (non-hydrogen) atoms. The quantitative estimate of drug-likeness (QED) is 0.849. The van der Waals surface area contributed by atoms with Crippen molar-refractivity contribution in [1.29, 1.82) is 0 Å². The molecule has 2 N–H and O–H groups in total. The van der Waals surface area contributed by atoms with Crippen LogP contribution in [0.5, 0.6) is 0 Å². The van der Waals surface area contributed by atoms with Crippen molar-refractivity contribution < 1.29 is 4.79 Å². The van der Waals surface area contributed by atoms with Gasteiger partial charge in [-0.25, -0.2) is 0 Å². The van der Waals surface area contributed by atoms with Crippen LogP contribution in [0.1, 0.15) is 51.4 Å². The van der Waals surface area contributed by atoms with Gasteiger partial charge in [0.25, 0.3) is 0 Å². The van der Waals surface area contributed by atoms with E-state index in [2.05, 4.69) is 9.80 Å². The Bertz CT molecular complexity index is 355. The third-order valence-electron chi connectivity index (χ3n) is 5.75. The van der Waals surface area contributed by atoms with E-state index in [1.54, 1.807) is 0 Å². The lowest BCUT2D eigenvalue weighted by Crippen LogP contribution is -2.54. The topological polar surface area (TPSA) is 49.6 Å². The zero-order valence-electron chi connectivity index (χ0n) is 13.5. The van der Waals surface area contributed by atoms with Crippen LogP contribution in [0.3, 0.4) is 0 Å². The lowest BCUT2D eigenvalue weighted by atomic mass is 9.84. The van der Waals surface area contributed by atoms with Crippen LogP contribution < -0.4 is 5.73 Å². The Labute approximate surface area is 147 Å². The van der Waals surface area contributed by atoms with Gasteiger partial charge in [0.2, 0.25) is 5.91 Å². The summed E-state index contributed by atoms with van der Waals surface area (Å²) in [4.78, 5) is 17.7. The van der Waals surface area contributed by atoms with Crippen molar-refractivity contribution in [3.63, 3.8) is 0 Å². The van der Waals surface area contributed by atoms with Crippen LogP contribution >= 0.6 is 24.8 Å². The first kappa shape index (κ1) is 20.0. The van der Waals surface area contributed by atoms with Gasteiger partial charge in [0.15, 0.2) is 0 Å². The summed E-state index contributed by atoms with van der Waals surface area (Å²) in [5, 5.41) is 0. The van der Waals surface area contributed by atoms with E-state index in [1.165, 1.54) is 45.2 Å². The van der Waals surface area contributed by atoms with Crippen molar-refractivity contribution in [1.82, 2.24) is 9.80 Å². The Morgan fingerprint density at radius 1 is 1.00 bits per heavy atom. The highest BCUT2D eigenvalue weighted by molar-refractivity contribution is 5.85. The molecule has 0 radical (unpaired) electrons. The van der Waals surface area contributed by atoms with Crippen molar-refractivity contribution in [2.45, 2.75) is 57.4 Å². The number of nitrogens with zero attached hydrogens (tertiary/aromatic N) is 2. The Morgan fingerprint density at radius 3 is 2.23 bits per heavy atom. The van der Waals surface area contributed by atoms with E-state index >= 15 is 0 Å². The van der Waals surface area contributed by atoms with Crippen LogP contribution in [0.25, 0.3) is 0 Å². The molecular weight excluding hydrogens is 321 g/mol. The van der Waals surface area contributed by atoms with Crippen LogP contribution in [0, 0.1) is 5.41 Å². The highest BCUT2D eigenvalue weighted by atomic mass is 35.5. The van der Waals surface area contributed by atoms with E-state index in [9.17, 15) is 4.79 Å². The fourth-order valence-electron chi connectivity index (χ4n) is 4.44. The number of amides is 1. The second-order valence-corrected chi connectivity index (χ2v) is 6.98. The molecule has 130 valence electrons. The SMILES string of the molecule is Cl.Cl.NCC1(C(=O)N2CCCC(N3CCCC3)C2)CCCC1. The van der Waals surface area contributed by atoms with Gasteiger partial charge in [-0.1, -0.05) is 12.8 Å². The molecule has 4 nitrogen and oxygen atoms in total. The van der Waals surface area contributed by atoms with Crippen LogP contribution in [-0.2, 0) is 4.79 Å². The normalized spacial score (nSPS) is 28.0. The maximum absolute atomic E-state index is 12.9. The fraction of sp³-hybridized carbons (Fsp3) is 0.938. The predicted octanol–water partition coefficient (Wildman–Crippen LogP) is 2.44. The van der Waals surface area contributed by atoms with Crippen LogP contribution in [0.15, 0.2) is 0 Å². The molecule has 2 heterocycles. The molecule has 0 bridgehead atoms. The third-order valence-corrected chi connectivity index (χ3v) is 5.75. The fourth-order valence-corrected chi connectivity index (χ4v) is 4.44. The molecule has 1 aliphatic carbocycles. The second-order valence-electron chi connectivity index (χ2n) is 6.98. The standard InChI is InChI=1S/C16H29N3O.2ClH/c17-13-16(7-1-2-8-16)15(20)19-11-5-6-14(12-19)18-9-3-4-10-18;;/h14H,1-13,17H2;2*1H. The minimum Gasteiger partial charge on any atom is -0.341 e. The Kier molecular flexibility index (Phi) is 7.93. The smallest absolute Gasteiger partial charge is 0.230 e. The number of hydrogen-bond acceptors (Lipinski definition) is 3. The van der Waals surface area contributed by atoms with Crippen LogP contribution in [-0.4, -0.2) is 54.5 Å². The van der Waals surface area contributed by atoms with Crippen molar-refractivity contribution in [2.75, 3.05) is 32.7 Å². The Hall–Kier alpha value is -0.0300.